The van der Waals surface area contributed by atoms with Crippen LogP contribution in [0.25, 0.3) is 93.3 Å². The van der Waals surface area contributed by atoms with Crippen LogP contribution in [0, 0.1) is 0 Å². The summed E-state index contributed by atoms with van der Waals surface area (Å²) < 4.78 is 7.21. The van der Waals surface area contributed by atoms with Crippen molar-refractivity contribution in [2.75, 3.05) is 0 Å². The zero-order valence-corrected chi connectivity index (χ0v) is 25.3. The molecule has 0 N–H and O–H groups in total. The SMILES string of the molecule is c1ccc(-n2c3ccccc3c3c2ccc2c4cc5c6ccccc6n6c7ccccc7nc6c5cc4n(-c4ccccc4)c23)cc1. The van der Waals surface area contributed by atoms with Crippen LogP contribution in [0.4, 0.5) is 0 Å². The molecule has 0 saturated heterocycles. The highest BCUT2D eigenvalue weighted by Crippen LogP contribution is 2.44. The largest absolute Gasteiger partial charge is 0.309 e. The van der Waals surface area contributed by atoms with E-state index >= 15 is 0 Å². The summed E-state index contributed by atoms with van der Waals surface area (Å²) in [5, 5.41) is 8.57. The summed E-state index contributed by atoms with van der Waals surface area (Å²) in [6, 6.07) is 56.9. The summed E-state index contributed by atoms with van der Waals surface area (Å²) in [5.41, 5.74) is 11.4. The number of fused-ring (bicyclic) bond motifs is 15. The lowest BCUT2D eigenvalue weighted by atomic mass is 10.0. The van der Waals surface area contributed by atoms with Gasteiger partial charge in [-0.15, -0.1) is 0 Å². The number of hydrogen-bond donors (Lipinski definition) is 0. The topological polar surface area (TPSA) is 27.2 Å². The Labute approximate surface area is 268 Å². The maximum Gasteiger partial charge on any atom is 0.146 e. The molecule has 0 fully saturated rings. The van der Waals surface area contributed by atoms with Crippen molar-refractivity contribution in [2.45, 2.75) is 0 Å². The Balaban J connectivity index is 1.40. The third-order valence-electron chi connectivity index (χ3n) is 9.97. The molecule has 11 rings (SSSR count). The summed E-state index contributed by atoms with van der Waals surface area (Å²) in [7, 11) is 0. The molecule has 47 heavy (non-hydrogen) atoms. The van der Waals surface area contributed by atoms with E-state index in [-0.39, 0.29) is 0 Å². The molecule has 0 amide bonds. The molecular formula is C43H26N4. The molecule has 4 nitrogen and oxygen atoms in total. The smallest absolute Gasteiger partial charge is 0.146 e. The summed E-state index contributed by atoms with van der Waals surface area (Å²) in [6.07, 6.45) is 0. The van der Waals surface area contributed by atoms with Gasteiger partial charge in [0.1, 0.15) is 5.65 Å². The van der Waals surface area contributed by atoms with Crippen molar-refractivity contribution >= 4 is 82.0 Å². The third-order valence-corrected chi connectivity index (χ3v) is 9.97. The molecule has 0 aliphatic rings. The van der Waals surface area contributed by atoms with Crippen molar-refractivity contribution in [2.24, 2.45) is 0 Å². The highest BCUT2D eigenvalue weighted by atomic mass is 15.0. The molecule has 0 aliphatic heterocycles. The Bertz CT molecular complexity index is 3050. The predicted octanol–water partition coefficient (Wildman–Crippen LogP) is 11.0. The average molecular weight is 599 g/mol. The number of rotatable bonds is 2. The molecule has 4 aromatic heterocycles. The monoisotopic (exact) mass is 598 g/mol. The summed E-state index contributed by atoms with van der Waals surface area (Å²) in [4.78, 5) is 5.23. The van der Waals surface area contributed by atoms with Crippen LogP contribution in [0.3, 0.4) is 0 Å². The first-order valence-electron chi connectivity index (χ1n) is 16.1. The van der Waals surface area contributed by atoms with E-state index in [0.29, 0.717) is 0 Å². The Kier molecular flexibility index (Phi) is 4.81. The van der Waals surface area contributed by atoms with Gasteiger partial charge in [0, 0.05) is 43.7 Å². The van der Waals surface area contributed by atoms with Gasteiger partial charge >= 0.3 is 0 Å². The molecule has 0 radical (unpaired) electrons. The Morgan fingerprint density at radius 1 is 0.362 bits per heavy atom. The second-order valence-corrected chi connectivity index (χ2v) is 12.4. The van der Waals surface area contributed by atoms with Crippen LogP contribution >= 0.6 is 0 Å². The maximum atomic E-state index is 5.23. The fourth-order valence-electron chi connectivity index (χ4n) is 8.06. The molecule has 0 saturated carbocycles. The van der Waals surface area contributed by atoms with Crippen LogP contribution in [0.15, 0.2) is 158 Å². The van der Waals surface area contributed by atoms with Crippen molar-refractivity contribution in [3.05, 3.63) is 158 Å². The molecule has 7 aromatic carbocycles. The van der Waals surface area contributed by atoms with Crippen LogP contribution in [0.5, 0.6) is 0 Å². The zero-order valence-electron chi connectivity index (χ0n) is 25.3. The summed E-state index contributed by atoms with van der Waals surface area (Å²) in [5.74, 6) is 0. The van der Waals surface area contributed by atoms with E-state index in [2.05, 4.69) is 171 Å². The van der Waals surface area contributed by atoms with E-state index in [9.17, 15) is 0 Å². The Morgan fingerprint density at radius 2 is 1.00 bits per heavy atom. The molecule has 0 unspecified atom stereocenters. The number of benzene rings is 7. The Morgan fingerprint density at radius 3 is 1.79 bits per heavy atom. The molecule has 11 aromatic rings. The fourth-order valence-corrected chi connectivity index (χ4v) is 8.06. The lowest BCUT2D eigenvalue weighted by Crippen LogP contribution is -1.96. The molecule has 218 valence electrons. The lowest BCUT2D eigenvalue weighted by Gasteiger charge is -2.12. The number of pyridine rings is 1. The lowest BCUT2D eigenvalue weighted by molar-refractivity contribution is 1.17. The quantitative estimate of drug-likeness (QED) is 0.182. The Hall–Kier alpha value is -6.39. The van der Waals surface area contributed by atoms with Gasteiger partial charge in [-0.25, -0.2) is 4.98 Å². The van der Waals surface area contributed by atoms with E-state index in [1.54, 1.807) is 0 Å². The van der Waals surface area contributed by atoms with Crippen LogP contribution in [0.1, 0.15) is 0 Å². The van der Waals surface area contributed by atoms with Gasteiger partial charge in [-0.1, -0.05) is 91.0 Å². The van der Waals surface area contributed by atoms with Crippen LogP contribution in [0.2, 0.25) is 0 Å². The maximum absolute atomic E-state index is 5.23. The van der Waals surface area contributed by atoms with E-state index < -0.39 is 0 Å². The second kappa shape index (κ2) is 9.09. The van der Waals surface area contributed by atoms with Crippen molar-refractivity contribution in [3.8, 4) is 11.4 Å². The molecule has 0 atom stereocenters. The van der Waals surface area contributed by atoms with Crippen LogP contribution in [-0.4, -0.2) is 18.5 Å². The number of hydrogen-bond acceptors (Lipinski definition) is 1. The van der Waals surface area contributed by atoms with Crippen molar-refractivity contribution in [1.82, 2.24) is 18.5 Å². The minimum atomic E-state index is 0.984. The first kappa shape index (κ1) is 24.9. The highest BCUT2D eigenvalue weighted by Gasteiger charge is 2.22. The van der Waals surface area contributed by atoms with Gasteiger partial charge in [0.15, 0.2) is 0 Å². The zero-order chi connectivity index (χ0) is 30.6. The van der Waals surface area contributed by atoms with Crippen molar-refractivity contribution in [3.63, 3.8) is 0 Å². The summed E-state index contributed by atoms with van der Waals surface area (Å²) in [6.45, 7) is 0. The van der Waals surface area contributed by atoms with E-state index in [1.807, 2.05) is 0 Å². The molecule has 0 spiro atoms. The van der Waals surface area contributed by atoms with Crippen molar-refractivity contribution < 1.29 is 0 Å². The normalized spacial score (nSPS) is 12.3. The average Bonchev–Trinajstić information content (AvgIpc) is 3.79. The molecule has 4 heterocycles. The number of imidazole rings is 1. The van der Waals surface area contributed by atoms with E-state index in [4.69, 9.17) is 4.98 Å². The second-order valence-electron chi connectivity index (χ2n) is 12.4. The first-order valence-corrected chi connectivity index (χ1v) is 16.1. The van der Waals surface area contributed by atoms with Gasteiger partial charge in [0.2, 0.25) is 0 Å². The van der Waals surface area contributed by atoms with Gasteiger partial charge in [-0.05, 0) is 72.1 Å². The molecule has 4 heteroatoms. The van der Waals surface area contributed by atoms with E-state index in [1.165, 1.54) is 59.9 Å². The standard InChI is InChI=1S/C43H26N4/c1-3-13-27(14-4-1)45-37-21-11-8-18-31(37)41-39(45)24-23-30-33-25-32-29-17-7-10-20-36(29)47-38-22-12-9-19-35(38)44-43(47)34(32)26-40(33)46(42(30)41)28-15-5-2-6-16-28/h1-26H. The fraction of sp³-hybridized carbons (Fsp3) is 0. The number of aromatic nitrogens is 4. The summed E-state index contributed by atoms with van der Waals surface area (Å²) >= 11 is 0. The van der Waals surface area contributed by atoms with Gasteiger partial charge in [0.25, 0.3) is 0 Å². The van der Waals surface area contributed by atoms with Gasteiger partial charge in [-0.3, -0.25) is 4.40 Å². The van der Waals surface area contributed by atoms with E-state index in [0.717, 1.165) is 33.4 Å². The first-order chi connectivity index (χ1) is 23.3. The number of nitrogens with zero attached hydrogens (tertiary/aromatic N) is 4. The van der Waals surface area contributed by atoms with Crippen LogP contribution in [-0.2, 0) is 0 Å². The van der Waals surface area contributed by atoms with Crippen LogP contribution < -0.4 is 0 Å². The minimum absolute atomic E-state index is 0.984. The van der Waals surface area contributed by atoms with Gasteiger partial charge in [-0.2, -0.15) is 0 Å². The molecule has 0 aliphatic carbocycles. The van der Waals surface area contributed by atoms with Gasteiger partial charge in [0.05, 0.1) is 38.6 Å². The molecular weight excluding hydrogens is 573 g/mol. The predicted molar refractivity (Wildman–Crippen MR) is 196 cm³/mol. The third kappa shape index (κ3) is 3.23. The minimum Gasteiger partial charge on any atom is -0.309 e. The van der Waals surface area contributed by atoms with Gasteiger partial charge < -0.3 is 9.13 Å². The highest BCUT2D eigenvalue weighted by molar-refractivity contribution is 6.28. The van der Waals surface area contributed by atoms with Crippen molar-refractivity contribution in [1.29, 1.82) is 0 Å². The number of para-hydroxylation sites is 6. The molecule has 0 bridgehead atoms.